The van der Waals surface area contributed by atoms with Crippen LogP contribution in [0.4, 0.5) is 17.1 Å². The average molecular weight is 497 g/mol. The third kappa shape index (κ3) is 3.59. The number of carbonyl (C=O) groups excluding carboxylic acids is 1. The summed E-state index contributed by atoms with van der Waals surface area (Å²) < 4.78 is 12.7. The molecule has 0 bridgehead atoms. The maximum absolute atomic E-state index is 13.1. The monoisotopic (exact) mass is 496 g/mol. The molecule has 2 N–H and O–H groups in total. The van der Waals surface area contributed by atoms with E-state index in [4.69, 9.17) is 21.1 Å². The van der Waals surface area contributed by atoms with Crippen LogP contribution in [0.1, 0.15) is 46.8 Å². The molecule has 0 aliphatic carbocycles. The quantitative estimate of drug-likeness (QED) is 0.210. The van der Waals surface area contributed by atoms with Gasteiger partial charge in [-0.2, -0.15) is 0 Å². The van der Waals surface area contributed by atoms with Gasteiger partial charge in [0.15, 0.2) is 5.60 Å². The van der Waals surface area contributed by atoms with Gasteiger partial charge in [0, 0.05) is 40.7 Å². The van der Waals surface area contributed by atoms with Crippen LogP contribution in [-0.2, 0) is 10.3 Å². The molecule has 2 heterocycles. The molecule has 36 heavy (non-hydrogen) atoms. The molecule has 5 nitrogen and oxygen atoms in total. The topological polar surface area (TPSA) is 59.6 Å². The molecule has 2 aliphatic rings. The zero-order valence-electron chi connectivity index (χ0n) is 19.8. The molecule has 0 saturated carbocycles. The zero-order valence-corrected chi connectivity index (χ0v) is 20.6. The molecule has 1 spiro atoms. The Morgan fingerprint density at radius 2 is 1.64 bits per heavy atom. The fourth-order valence-electron chi connectivity index (χ4n) is 4.99. The van der Waals surface area contributed by atoms with Gasteiger partial charge in [0.05, 0.1) is 16.3 Å². The Kier molecular flexibility index (Phi) is 5.57. The second-order valence-corrected chi connectivity index (χ2v) is 9.43. The Balaban J connectivity index is 1.50. The first-order valence-electron chi connectivity index (χ1n) is 12.2. The predicted molar refractivity (Wildman–Crippen MR) is 143 cm³/mol. The highest BCUT2D eigenvalue weighted by atomic mass is 35.5. The van der Waals surface area contributed by atoms with Gasteiger partial charge in [-0.25, -0.2) is 4.79 Å². The number of ether oxygens (including phenoxy) is 2. The van der Waals surface area contributed by atoms with Gasteiger partial charge in [0.1, 0.15) is 11.5 Å². The summed E-state index contributed by atoms with van der Waals surface area (Å²) in [6.07, 6.45) is 2.19. The Morgan fingerprint density at radius 1 is 0.833 bits per heavy atom. The highest BCUT2D eigenvalue weighted by molar-refractivity contribution is 6.33. The maximum Gasteiger partial charge on any atom is 0.340 e. The maximum atomic E-state index is 13.1. The van der Waals surface area contributed by atoms with Gasteiger partial charge in [0.25, 0.3) is 0 Å². The van der Waals surface area contributed by atoms with Gasteiger partial charge in [-0.1, -0.05) is 55.3 Å². The van der Waals surface area contributed by atoms with E-state index in [0.717, 1.165) is 53.1 Å². The summed E-state index contributed by atoms with van der Waals surface area (Å²) >= 11 is 6.39. The van der Waals surface area contributed by atoms with Gasteiger partial charge < -0.3 is 20.1 Å². The van der Waals surface area contributed by atoms with Crippen molar-refractivity contribution in [3.8, 4) is 11.5 Å². The molecule has 0 fully saturated rings. The molecule has 0 saturated heterocycles. The molecular weight excluding hydrogens is 472 g/mol. The van der Waals surface area contributed by atoms with Gasteiger partial charge in [-0.15, -0.1) is 0 Å². The molecule has 4 aromatic carbocycles. The van der Waals surface area contributed by atoms with Crippen molar-refractivity contribution in [2.75, 3.05) is 17.2 Å². The lowest BCUT2D eigenvalue weighted by atomic mass is 9.77. The molecule has 0 radical (unpaired) electrons. The van der Waals surface area contributed by atoms with Crippen LogP contribution in [-0.4, -0.2) is 12.5 Å². The van der Waals surface area contributed by atoms with E-state index in [2.05, 4.69) is 17.6 Å². The van der Waals surface area contributed by atoms with Gasteiger partial charge in [0.2, 0.25) is 0 Å². The molecule has 6 heteroatoms. The number of fused-ring (bicyclic) bond motifs is 6. The van der Waals surface area contributed by atoms with Crippen molar-refractivity contribution < 1.29 is 14.3 Å². The van der Waals surface area contributed by atoms with E-state index in [1.165, 1.54) is 0 Å². The smallest absolute Gasteiger partial charge is 0.340 e. The summed E-state index contributed by atoms with van der Waals surface area (Å²) in [6.45, 7) is 3.05. The summed E-state index contributed by atoms with van der Waals surface area (Å²) in [7, 11) is 0. The van der Waals surface area contributed by atoms with E-state index < -0.39 is 5.60 Å². The fraction of sp³-hybridized carbons (Fsp3) is 0.167. The predicted octanol–water partition coefficient (Wildman–Crippen LogP) is 7.86. The number of esters is 1. The lowest BCUT2D eigenvalue weighted by Gasteiger charge is -2.37. The van der Waals surface area contributed by atoms with Crippen molar-refractivity contribution in [3.05, 3.63) is 112 Å². The SMILES string of the molecule is CCCCNc1ccc2c(c1)Oc1ccc(Nc3ccccc3Cl)cc1C21OC(=O)c2ccccc21. The first-order valence-corrected chi connectivity index (χ1v) is 12.5. The van der Waals surface area contributed by atoms with E-state index >= 15 is 0 Å². The van der Waals surface area contributed by atoms with Gasteiger partial charge in [-0.05, 0) is 55.0 Å². The number of rotatable bonds is 6. The van der Waals surface area contributed by atoms with E-state index in [1.807, 2.05) is 84.9 Å². The first kappa shape index (κ1) is 22.5. The van der Waals surface area contributed by atoms with Crippen molar-refractivity contribution >= 4 is 34.6 Å². The number of benzene rings is 4. The third-order valence-electron chi connectivity index (χ3n) is 6.72. The largest absolute Gasteiger partial charge is 0.456 e. The van der Waals surface area contributed by atoms with Gasteiger partial charge >= 0.3 is 5.97 Å². The second kappa shape index (κ2) is 8.92. The van der Waals surface area contributed by atoms with Crippen LogP contribution in [0, 0.1) is 0 Å². The summed E-state index contributed by atoms with van der Waals surface area (Å²) in [5.74, 6) is 0.960. The van der Waals surface area contributed by atoms with E-state index in [0.29, 0.717) is 22.1 Å². The normalized spacial score (nSPS) is 17.0. The molecule has 4 aromatic rings. The van der Waals surface area contributed by atoms with Crippen LogP contribution in [0.15, 0.2) is 84.9 Å². The van der Waals surface area contributed by atoms with Crippen LogP contribution < -0.4 is 15.4 Å². The summed E-state index contributed by atoms with van der Waals surface area (Å²) in [5, 5.41) is 7.46. The van der Waals surface area contributed by atoms with Gasteiger partial charge in [-0.3, -0.25) is 0 Å². The van der Waals surface area contributed by atoms with Crippen LogP contribution in [0.3, 0.4) is 0 Å². The summed E-state index contributed by atoms with van der Waals surface area (Å²) in [4.78, 5) is 13.1. The Bertz CT molecular complexity index is 1490. The number of unbranched alkanes of at least 4 members (excludes halogenated alkanes) is 1. The summed E-state index contributed by atoms with van der Waals surface area (Å²) in [5.41, 5.74) is 4.38. The lowest BCUT2D eigenvalue weighted by molar-refractivity contribution is 0.0224. The second-order valence-electron chi connectivity index (χ2n) is 9.03. The van der Waals surface area contributed by atoms with Crippen molar-refractivity contribution in [1.29, 1.82) is 0 Å². The Hall–Kier alpha value is -3.96. The van der Waals surface area contributed by atoms with Crippen molar-refractivity contribution in [3.63, 3.8) is 0 Å². The van der Waals surface area contributed by atoms with Crippen LogP contribution in [0.5, 0.6) is 11.5 Å². The first-order chi connectivity index (χ1) is 17.6. The molecule has 0 aromatic heterocycles. The number of nitrogens with one attached hydrogen (secondary N) is 2. The highest BCUT2D eigenvalue weighted by Crippen LogP contribution is 2.56. The highest BCUT2D eigenvalue weighted by Gasteiger charge is 2.53. The molecule has 1 atom stereocenters. The molecule has 180 valence electrons. The molecular formula is C30H25ClN2O3. The lowest BCUT2D eigenvalue weighted by Crippen LogP contribution is -2.33. The van der Waals surface area contributed by atoms with Crippen LogP contribution >= 0.6 is 11.6 Å². The van der Waals surface area contributed by atoms with E-state index in [1.54, 1.807) is 0 Å². The van der Waals surface area contributed by atoms with Crippen LogP contribution in [0.25, 0.3) is 0 Å². The van der Waals surface area contributed by atoms with E-state index in [9.17, 15) is 4.79 Å². The van der Waals surface area contributed by atoms with Crippen molar-refractivity contribution in [1.82, 2.24) is 0 Å². The molecule has 1 unspecified atom stereocenters. The number of para-hydroxylation sites is 1. The van der Waals surface area contributed by atoms with E-state index in [-0.39, 0.29) is 5.97 Å². The molecule has 2 aliphatic heterocycles. The number of hydrogen-bond donors (Lipinski definition) is 2. The minimum atomic E-state index is -1.11. The molecule has 6 rings (SSSR count). The molecule has 0 amide bonds. The van der Waals surface area contributed by atoms with Crippen molar-refractivity contribution in [2.24, 2.45) is 0 Å². The fourth-order valence-corrected chi connectivity index (χ4v) is 5.17. The minimum Gasteiger partial charge on any atom is -0.456 e. The number of carbonyl (C=O) groups is 1. The Morgan fingerprint density at radius 3 is 2.50 bits per heavy atom. The van der Waals surface area contributed by atoms with Crippen molar-refractivity contribution in [2.45, 2.75) is 25.4 Å². The number of anilines is 3. The average Bonchev–Trinajstić information content (AvgIpc) is 3.19. The number of halogens is 1. The summed E-state index contributed by atoms with van der Waals surface area (Å²) in [6, 6.07) is 27.0. The van der Waals surface area contributed by atoms with Crippen LogP contribution in [0.2, 0.25) is 5.02 Å². The Labute approximate surface area is 215 Å². The third-order valence-corrected chi connectivity index (χ3v) is 7.05. The zero-order chi connectivity index (χ0) is 24.7. The minimum absolute atomic E-state index is 0.348. The standard InChI is InChI=1S/C30H25ClN2O3/c1-2-3-16-32-19-12-14-23-28(18-19)35-27-15-13-20(33-26-11-7-6-10-25(26)31)17-24(27)30(23)22-9-5-4-8-21(22)29(34)36-30/h4-15,17-18,32-33H,2-3,16H2,1H3. The number of hydrogen-bond acceptors (Lipinski definition) is 5.